The zero-order chi connectivity index (χ0) is 38.9. The van der Waals surface area contributed by atoms with Crippen LogP contribution in [-0.2, 0) is 0 Å². The number of aromatic nitrogens is 4. The Kier molecular flexibility index (Phi) is 7.50. The van der Waals surface area contributed by atoms with Crippen molar-refractivity contribution in [3.8, 4) is 50.7 Å². The van der Waals surface area contributed by atoms with Crippen LogP contribution in [0, 0.1) is 0 Å². The lowest BCUT2D eigenvalue weighted by Gasteiger charge is -2.19. The molecule has 4 heteroatoms. The van der Waals surface area contributed by atoms with E-state index in [0.29, 0.717) is 0 Å². The molecule has 0 N–H and O–H groups in total. The average Bonchev–Trinajstić information content (AvgIpc) is 3.65. The molecule has 0 unspecified atom stereocenters. The second-order valence-electron chi connectivity index (χ2n) is 15.2. The van der Waals surface area contributed by atoms with Gasteiger partial charge in [-0.2, -0.15) is 0 Å². The van der Waals surface area contributed by atoms with Crippen LogP contribution in [-0.4, -0.2) is 19.5 Å². The minimum absolute atomic E-state index is 0.812. The molecule has 0 radical (unpaired) electrons. The van der Waals surface area contributed by atoms with Crippen LogP contribution in [0.2, 0.25) is 0 Å². The molecule has 0 fully saturated rings. The molecule has 0 aliphatic heterocycles. The van der Waals surface area contributed by atoms with Gasteiger partial charge < -0.3 is 0 Å². The van der Waals surface area contributed by atoms with Crippen LogP contribution in [0.15, 0.2) is 207 Å². The Bertz CT molecular complexity index is 3580. The van der Waals surface area contributed by atoms with Crippen LogP contribution in [0.3, 0.4) is 0 Å². The molecule has 0 amide bonds. The Morgan fingerprint density at radius 2 is 0.864 bits per heavy atom. The van der Waals surface area contributed by atoms with Crippen molar-refractivity contribution in [2.75, 3.05) is 0 Å². The highest BCUT2D eigenvalue weighted by atomic mass is 15.1. The number of pyridine rings is 3. The van der Waals surface area contributed by atoms with Crippen molar-refractivity contribution in [2.45, 2.75) is 0 Å². The summed E-state index contributed by atoms with van der Waals surface area (Å²) in [6.45, 7) is 0. The number of nitrogens with zero attached hydrogens (tertiary/aromatic N) is 4. The van der Waals surface area contributed by atoms with Gasteiger partial charge in [-0.25, -0.2) is 9.97 Å². The van der Waals surface area contributed by atoms with Crippen molar-refractivity contribution >= 4 is 64.9 Å². The van der Waals surface area contributed by atoms with Crippen molar-refractivity contribution in [1.82, 2.24) is 19.5 Å². The van der Waals surface area contributed by atoms with Crippen LogP contribution in [0.1, 0.15) is 0 Å². The Balaban J connectivity index is 1.06. The molecule has 12 rings (SSSR count). The van der Waals surface area contributed by atoms with E-state index >= 15 is 0 Å². The lowest BCUT2D eigenvalue weighted by molar-refractivity contribution is 1.08. The molecule has 12 aromatic rings. The molecule has 0 saturated heterocycles. The molecule has 8 aromatic carbocycles. The van der Waals surface area contributed by atoms with Gasteiger partial charge in [-0.1, -0.05) is 140 Å². The van der Waals surface area contributed by atoms with Gasteiger partial charge in [0.2, 0.25) is 0 Å². The quantitative estimate of drug-likeness (QED) is 0.165. The number of rotatable bonds is 5. The lowest BCUT2D eigenvalue weighted by atomic mass is 9.84. The van der Waals surface area contributed by atoms with Gasteiger partial charge in [-0.3, -0.25) is 9.55 Å². The minimum atomic E-state index is 0.812. The van der Waals surface area contributed by atoms with E-state index in [0.717, 1.165) is 50.3 Å². The van der Waals surface area contributed by atoms with Gasteiger partial charge >= 0.3 is 0 Å². The predicted molar refractivity (Wildman–Crippen MR) is 246 cm³/mol. The van der Waals surface area contributed by atoms with Crippen molar-refractivity contribution in [2.24, 2.45) is 0 Å². The summed E-state index contributed by atoms with van der Waals surface area (Å²) in [6, 6.07) is 69.6. The van der Waals surface area contributed by atoms with Gasteiger partial charge in [-0.05, 0) is 120 Å². The first kappa shape index (κ1) is 33.2. The van der Waals surface area contributed by atoms with E-state index in [1.54, 1.807) is 0 Å². The summed E-state index contributed by atoms with van der Waals surface area (Å²) in [6.07, 6.45) is 3.78. The van der Waals surface area contributed by atoms with E-state index in [1.807, 2.05) is 18.5 Å². The highest BCUT2D eigenvalue weighted by molar-refractivity contribution is 6.22. The first-order chi connectivity index (χ1) is 29.2. The largest absolute Gasteiger partial charge is 0.294 e. The molecule has 0 atom stereocenters. The van der Waals surface area contributed by atoms with E-state index in [9.17, 15) is 0 Å². The molecule has 274 valence electrons. The SMILES string of the molecule is c1cc(-c2ccc3c(-c4ccc5ccccc5c4)c4ccccc4c(-c4ccc5ccccc5c4)c3c2)nc(-c2cccc(-n3c4ccccc4c4cnccc43)n2)c1. The van der Waals surface area contributed by atoms with Gasteiger partial charge in [0.15, 0.2) is 0 Å². The first-order valence-corrected chi connectivity index (χ1v) is 20.0. The summed E-state index contributed by atoms with van der Waals surface area (Å²) in [7, 11) is 0. The van der Waals surface area contributed by atoms with Gasteiger partial charge in [0.05, 0.1) is 28.1 Å². The fourth-order valence-corrected chi connectivity index (χ4v) is 9.14. The monoisotopic (exact) mass is 750 g/mol. The van der Waals surface area contributed by atoms with E-state index in [4.69, 9.17) is 9.97 Å². The van der Waals surface area contributed by atoms with Gasteiger partial charge in [0, 0.05) is 28.7 Å². The smallest absolute Gasteiger partial charge is 0.138 e. The third-order valence-corrected chi connectivity index (χ3v) is 11.8. The Morgan fingerprint density at radius 1 is 0.322 bits per heavy atom. The first-order valence-electron chi connectivity index (χ1n) is 20.0. The van der Waals surface area contributed by atoms with Crippen LogP contribution < -0.4 is 0 Å². The summed E-state index contributed by atoms with van der Waals surface area (Å²) < 4.78 is 2.22. The summed E-state index contributed by atoms with van der Waals surface area (Å²) in [5.74, 6) is 0.839. The minimum Gasteiger partial charge on any atom is -0.294 e. The van der Waals surface area contributed by atoms with E-state index in [1.165, 1.54) is 65.3 Å². The predicted octanol–water partition coefficient (Wildman–Crippen LogP) is 14.2. The maximum absolute atomic E-state index is 5.31. The van der Waals surface area contributed by atoms with Crippen molar-refractivity contribution in [3.05, 3.63) is 207 Å². The van der Waals surface area contributed by atoms with E-state index < -0.39 is 0 Å². The normalized spacial score (nSPS) is 11.7. The molecule has 4 nitrogen and oxygen atoms in total. The van der Waals surface area contributed by atoms with Gasteiger partial charge in [-0.15, -0.1) is 0 Å². The number of hydrogen-bond acceptors (Lipinski definition) is 3. The topological polar surface area (TPSA) is 43.6 Å². The van der Waals surface area contributed by atoms with Crippen LogP contribution >= 0.6 is 0 Å². The van der Waals surface area contributed by atoms with Crippen LogP contribution in [0.25, 0.3) is 116 Å². The Hall–Kier alpha value is -7.95. The maximum atomic E-state index is 5.31. The Morgan fingerprint density at radius 3 is 1.59 bits per heavy atom. The number of para-hydroxylation sites is 1. The van der Waals surface area contributed by atoms with Crippen molar-refractivity contribution < 1.29 is 0 Å². The standard InChI is InChI=1S/C55H34N4/c1-3-13-37-31-40(25-23-35(37)11-1)54-43-16-5-6-17-44(43)55(41-26-24-36-12-2-4-14-38(36)32-41)46-33-39(27-28-45(46)54)48-18-9-19-49(57-48)50-20-10-22-53(58-50)59-51-21-8-7-15-42(51)47-34-56-30-29-52(47)59/h1-34H. The summed E-state index contributed by atoms with van der Waals surface area (Å²) >= 11 is 0. The molecule has 0 spiro atoms. The molecule has 0 saturated carbocycles. The summed E-state index contributed by atoms with van der Waals surface area (Å²) in [5, 5.41) is 12.0. The van der Waals surface area contributed by atoms with Gasteiger partial charge in [0.25, 0.3) is 0 Å². The molecule has 4 aromatic heterocycles. The van der Waals surface area contributed by atoms with Gasteiger partial charge in [0.1, 0.15) is 5.82 Å². The zero-order valence-corrected chi connectivity index (χ0v) is 31.9. The third-order valence-electron chi connectivity index (χ3n) is 11.8. The van der Waals surface area contributed by atoms with Crippen LogP contribution in [0.4, 0.5) is 0 Å². The molecule has 0 aliphatic rings. The Labute approximate surface area is 340 Å². The number of benzene rings is 8. The molecule has 0 bridgehead atoms. The highest BCUT2D eigenvalue weighted by Gasteiger charge is 2.19. The zero-order valence-electron chi connectivity index (χ0n) is 31.9. The maximum Gasteiger partial charge on any atom is 0.138 e. The van der Waals surface area contributed by atoms with Crippen molar-refractivity contribution in [1.29, 1.82) is 0 Å². The molecule has 4 heterocycles. The second kappa shape index (κ2) is 13.3. The fraction of sp³-hybridized carbons (Fsp3) is 0. The third kappa shape index (κ3) is 5.42. The van der Waals surface area contributed by atoms with E-state index in [2.05, 4.69) is 198 Å². The number of hydrogen-bond donors (Lipinski definition) is 0. The molecular weight excluding hydrogens is 717 g/mol. The van der Waals surface area contributed by atoms with Crippen molar-refractivity contribution in [3.63, 3.8) is 0 Å². The lowest BCUT2D eigenvalue weighted by Crippen LogP contribution is -1.99. The van der Waals surface area contributed by atoms with Crippen LogP contribution in [0.5, 0.6) is 0 Å². The highest BCUT2D eigenvalue weighted by Crippen LogP contribution is 2.46. The molecule has 0 aliphatic carbocycles. The van der Waals surface area contributed by atoms with E-state index in [-0.39, 0.29) is 0 Å². The molecule has 59 heavy (non-hydrogen) atoms. The average molecular weight is 751 g/mol. The summed E-state index contributed by atoms with van der Waals surface area (Å²) in [5.41, 5.74) is 10.6. The molecular formula is C55H34N4. The number of fused-ring (bicyclic) bond motifs is 7. The summed E-state index contributed by atoms with van der Waals surface area (Å²) in [4.78, 5) is 15.0. The second-order valence-corrected chi connectivity index (χ2v) is 15.2. The fourth-order valence-electron chi connectivity index (χ4n) is 9.14.